The smallest absolute Gasteiger partial charge is 0.170 e. The molecule has 0 unspecified atom stereocenters. The summed E-state index contributed by atoms with van der Waals surface area (Å²) in [6.07, 6.45) is 0. The molecule has 0 aliphatic heterocycles. The second-order valence-corrected chi connectivity index (χ2v) is 3.97. The summed E-state index contributed by atoms with van der Waals surface area (Å²) >= 11 is 5.78. The molecule has 0 aliphatic rings. The van der Waals surface area contributed by atoms with Gasteiger partial charge in [0.05, 0.1) is 6.54 Å². The predicted octanol–water partition coefficient (Wildman–Crippen LogP) is 1.51. The molecule has 1 heterocycles. The molecule has 6 heteroatoms. The third-order valence-electron chi connectivity index (χ3n) is 2.42. The number of nitrogens with two attached hydrogens (primary N) is 1. The maximum Gasteiger partial charge on any atom is 0.170 e. The molecule has 2 rings (SSSR count). The molecule has 0 fully saturated rings. The number of halogens is 1. The number of nitrogens with zero attached hydrogens (tertiary/aromatic N) is 3. The Hall–Kier alpha value is -1.59. The molecule has 0 bridgehead atoms. The molecule has 0 saturated heterocycles. The summed E-state index contributed by atoms with van der Waals surface area (Å²) in [4.78, 5) is 0. The summed E-state index contributed by atoms with van der Waals surface area (Å²) in [6, 6.07) is 7.17. The normalized spacial score (nSPS) is 10.5. The van der Waals surface area contributed by atoms with Gasteiger partial charge in [0.15, 0.2) is 5.82 Å². The van der Waals surface area contributed by atoms with Crippen LogP contribution in [-0.2, 0) is 20.2 Å². The Balaban J connectivity index is 2.02. The van der Waals surface area contributed by atoms with Crippen molar-refractivity contribution in [3.05, 3.63) is 40.9 Å². The standard InChI is InChI=1S/C11H13ClN4O/c1-16-10(6-13)14-15-11(16)7-17-9-4-2-8(12)3-5-9/h2-5H,6-7,13H2,1H3. The topological polar surface area (TPSA) is 66.0 Å². The summed E-state index contributed by atoms with van der Waals surface area (Å²) in [5.74, 6) is 2.21. The van der Waals surface area contributed by atoms with Gasteiger partial charge in [0.2, 0.25) is 0 Å². The van der Waals surface area contributed by atoms with Crippen molar-refractivity contribution in [3.8, 4) is 5.75 Å². The van der Waals surface area contributed by atoms with Crippen molar-refractivity contribution in [2.75, 3.05) is 0 Å². The van der Waals surface area contributed by atoms with Gasteiger partial charge in [0.1, 0.15) is 18.2 Å². The lowest BCUT2D eigenvalue weighted by Gasteiger charge is -2.06. The average Bonchev–Trinajstić information content (AvgIpc) is 2.69. The van der Waals surface area contributed by atoms with Gasteiger partial charge in [-0.15, -0.1) is 10.2 Å². The molecular formula is C11H13ClN4O. The van der Waals surface area contributed by atoms with Crippen molar-refractivity contribution in [2.24, 2.45) is 12.8 Å². The molecule has 0 amide bonds. The number of hydrogen-bond donors (Lipinski definition) is 1. The van der Waals surface area contributed by atoms with E-state index in [1.165, 1.54) is 0 Å². The van der Waals surface area contributed by atoms with Crippen LogP contribution in [0.4, 0.5) is 0 Å². The van der Waals surface area contributed by atoms with E-state index < -0.39 is 0 Å². The van der Waals surface area contributed by atoms with Crippen LogP contribution in [-0.4, -0.2) is 14.8 Å². The molecule has 90 valence electrons. The molecule has 0 aliphatic carbocycles. The first kappa shape index (κ1) is 11.9. The lowest BCUT2D eigenvalue weighted by atomic mass is 10.3. The highest BCUT2D eigenvalue weighted by Gasteiger charge is 2.07. The van der Waals surface area contributed by atoms with Crippen LogP contribution in [0.15, 0.2) is 24.3 Å². The fraction of sp³-hybridized carbons (Fsp3) is 0.273. The Morgan fingerprint density at radius 2 is 1.88 bits per heavy atom. The van der Waals surface area contributed by atoms with Crippen LogP contribution in [0.2, 0.25) is 5.02 Å². The summed E-state index contributed by atoms with van der Waals surface area (Å²) in [5.41, 5.74) is 5.51. The predicted molar refractivity (Wildman–Crippen MR) is 64.7 cm³/mol. The van der Waals surface area contributed by atoms with E-state index in [1.54, 1.807) is 12.1 Å². The lowest BCUT2D eigenvalue weighted by molar-refractivity contribution is 0.291. The van der Waals surface area contributed by atoms with Crippen LogP contribution >= 0.6 is 11.6 Å². The van der Waals surface area contributed by atoms with Crippen molar-refractivity contribution in [1.29, 1.82) is 0 Å². The van der Waals surface area contributed by atoms with Gasteiger partial charge in [-0.3, -0.25) is 0 Å². The third-order valence-corrected chi connectivity index (χ3v) is 2.67. The number of aromatic nitrogens is 3. The highest BCUT2D eigenvalue weighted by molar-refractivity contribution is 6.30. The molecule has 0 saturated carbocycles. The number of hydrogen-bond acceptors (Lipinski definition) is 4. The molecule has 1 aromatic heterocycles. The minimum Gasteiger partial charge on any atom is -0.486 e. The van der Waals surface area contributed by atoms with E-state index >= 15 is 0 Å². The highest BCUT2D eigenvalue weighted by Crippen LogP contribution is 2.16. The number of rotatable bonds is 4. The van der Waals surface area contributed by atoms with Crippen LogP contribution in [0.25, 0.3) is 0 Å². The van der Waals surface area contributed by atoms with E-state index in [0.29, 0.717) is 18.2 Å². The Morgan fingerprint density at radius 3 is 2.47 bits per heavy atom. The van der Waals surface area contributed by atoms with Crippen molar-refractivity contribution < 1.29 is 4.74 Å². The summed E-state index contributed by atoms with van der Waals surface area (Å²) in [5, 5.41) is 8.63. The molecule has 0 atom stereocenters. The first-order valence-corrected chi connectivity index (χ1v) is 5.54. The van der Waals surface area contributed by atoms with Gasteiger partial charge in [-0.2, -0.15) is 0 Å². The van der Waals surface area contributed by atoms with Gasteiger partial charge in [-0.25, -0.2) is 0 Å². The highest BCUT2D eigenvalue weighted by atomic mass is 35.5. The van der Waals surface area contributed by atoms with Crippen molar-refractivity contribution in [1.82, 2.24) is 14.8 Å². The molecule has 0 spiro atoms. The van der Waals surface area contributed by atoms with Crippen LogP contribution in [0, 0.1) is 0 Å². The van der Waals surface area contributed by atoms with Crippen LogP contribution in [0.5, 0.6) is 5.75 Å². The van der Waals surface area contributed by atoms with E-state index in [2.05, 4.69) is 10.2 Å². The van der Waals surface area contributed by atoms with Gasteiger partial charge in [-0.1, -0.05) is 11.6 Å². The molecule has 17 heavy (non-hydrogen) atoms. The monoisotopic (exact) mass is 252 g/mol. The lowest BCUT2D eigenvalue weighted by Crippen LogP contribution is -2.08. The Kier molecular flexibility index (Phi) is 3.61. The zero-order valence-electron chi connectivity index (χ0n) is 9.43. The van der Waals surface area contributed by atoms with E-state index in [1.807, 2.05) is 23.7 Å². The van der Waals surface area contributed by atoms with Crippen molar-refractivity contribution in [3.63, 3.8) is 0 Å². The van der Waals surface area contributed by atoms with Crippen LogP contribution in [0.3, 0.4) is 0 Å². The Labute approximate surface area is 104 Å². The fourth-order valence-electron chi connectivity index (χ4n) is 1.38. The molecule has 0 radical (unpaired) electrons. The van der Waals surface area contributed by atoms with Crippen molar-refractivity contribution >= 4 is 11.6 Å². The first-order chi connectivity index (χ1) is 8.20. The largest absolute Gasteiger partial charge is 0.486 e. The average molecular weight is 253 g/mol. The van der Waals surface area contributed by atoms with Crippen molar-refractivity contribution in [2.45, 2.75) is 13.2 Å². The zero-order valence-corrected chi connectivity index (χ0v) is 10.2. The molecule has 1 aromatic carbocycles. The van der Waals surface area contributed by atoms with Gasteiger partial charge >= 0.3 is 0 Å². The van der Waals surface area contributed by atoms with E-state index in [-0.39, 0.29) is 0 Å². The zero-order chi connectivity index (χ0) is 12.3. The van der Waals surface area contributed by atoms with E-state index in [9.17, 15) is 0 Å². The first-order valence-electron chi connectivity index (χ1n) is 5.16. The molecule has 2 aromatic rings. The summed E-state index contributed by atoms with van der Waals surface area (Å²) in [7, 11) is 1.86. The van der Waals surface area contributed by atoms with Gasteiger partial charge in [-0.05, 0) is 24.3 Å². The second kappa shape index (κ2) is 5.16. The summed E-state index contributed by atoms with van der Waals surface area (Å²) in [6.45, 7) is 0.718. The molecular weight excluding hydrogens is 240 g/mol. The Bertz CT molecular complexity index is 495. The quantitative estimate of drug-likeness (QED) is 0.896. The maximum atomic E-state index is 5.78. The van der Waals surface area contributed by atoms with Gasteiger partial charge in [0.25, 0.3) is 0 Å². The third kappa shape index (κ3) is 2.75. The minimum atomic E-state index is 0.352. The van der Waals surface area contributed by atoms with Gasteiger partial charge in [0, 0.05) is 12.1 Å². The summed E-state index contributed by atoms with van der Waals surface area (Å²) < 4.78 is 7.39. The van der Waals surface area contributed by atoms with E-state index in [4.69, 9.17) is 22.1 Å². The SMILES string of the molecule is Cn1c(CN)nnc1COc1ccc(Cl)cc1. The molecule has 2 N–H and O–H groups in total. The van der Waals surface area contributed by atoms with Gasteiger partial charge < -0.3 is 15.0 Å². The maximum absolute atomic E-state index is 5.78. The van der Waals surface area contributed by atoms with Crippen LogP contribution in [0.1, 0.15) is 11.6 Å². The van der Waals surface area contributed by atoms with Crippen LogP contribution < -0.4 is 10.5 Å². The molecule has 5 nitrogen and oxygen atoms in total. The Morgan fingerprint density at radius 1 is 1.24 bits per heavy atom. The number of ether oxygens (including phenoxy) is 1. The fourth-order valence-corrected chi connectivity index (χ4v) is 1.51. The van der Waals surface area contributed by atoms with E-state index in [0.717, 1.165) is 17.4 Å². The minimum absolute atomic E-state index is 0.352. The number of benzene rings is 1. The second-order valence-electron chi connectivity index (χ2n) is 3.54.